The molecule has 0 aliphatic carbocycles. The molecule has 0 aromatic heterocycles. The first-order valence-electron chi connectivity index (χ1n) is 8.33. The molecule has 1 aromatic carbocycles. The van der Waals surface area contributed by atoms with Crippen molar-refractivity contribution in [3.63, 3.8) is 0 Å². The molecule has 0 amide bonds. The van der Waals surface area contributed by atoms with Crippen molar-refractivity contribution in [3.05, 3.63) is 35.4 Å². The van der Waals surface area contributed by atoms with Gasteiger partial charge < -0.3 is 14.6 Å². The van der Waals surface area contributed by atoms with Gasteiger partial charge in [0.1, 0.15) is 0 Å². The van der Waals surface area contributed by atoms with Crippen LogP contribution < -0.4 is 9.47 Å². The fourth-order valence-electron chi connectivity index (χ4n) is 2.57. The minimum absolute atomic E-state index is 0.329. The molecule has 3 nitrogen and oxygen atoms in total. The van der Waals surface area contributed by atoms with Crippen LogP contribution in [-0.2, 0) is 6.42 Å². The molecule has 122 valence electrons. The Labute approximate surface area is 134 Å². The molecule has 1 atom stereocenters. The third kappa shape index (κ3) is 4.77. The number of aliphatic hydroxyl groups is 1. The van der Waals surface area contributed by atoms with Gasteiger partial charge in [0.2, 0.25) is 6.79 Å². The third-order valence-corrected chi connectivity index (χ3v) is 4.50. The summed E-state index contributed by atoms with van der Waals surface area (Å²) in [6.45, 7) is 6.48. The van der Waals surface area contributed by atoms with Crippen molar-refractivity contribution in [3.8, 4) is 11.5 Å². The van der Waals surface area contributed by atoms with E-state index in [4.69, 9.17) is 9.47 Å². The summed E-state index contributed by atoms with van der Waals surface area (Å²) >= 11 is 0. The minimum Gasteiger partial charge on any atom is -0.454 e. The predicted octanol–water partition coefficient (Wildman–Crippen LogP) is 4.63. The summed E-state index contributed by atoms with van der Waals surface area (Å²) in [6, 6.07) is 6.17. The second-order valence-corrected chi connectivity index (χ2v) is 6.29. The fraction of sp³-hybridized carbons (Fsp3) is 0.579. The SMILES string of the molecule is CCC(=CCCc1ccc2c(c1)OCO2)CCC(C)(O)CC. The molecule has 0 saturated carbocycles. The largest absolute Gasteiger partial charge is 0.454 e. The Bertz CT molecular complexity index is 517. The highest BCUT2D eigenvalue weighted by Crippen LogP contribution is 2.32. The summed E-state index contributed by atoms with van der Waals surface area (Å²) in [5.74, 6) is 1.70. The second-order valence-electron chi connectivity index (χ2n) is 6.29. The number of ether oxygens (including phenoxy) is 2. The zero-order valence-corrected chi connectivity index (χ0v) is 14.0. The first kappa shape index (κ1) is 16.9. The molecule has 1 unspecified atom stereocenters. The van der Waals surface area contributed by atoms with Crippen molar-refractivity contribution in [2.75, 3.05) is 6.79 Å². The first-order valence-corrected chi connectivity index (χ1v) is 8.33. The van der Waals surface area contributed by atoms with Gasteiger partial charge in [-0.25, -0.2) is 0 Å². The number of aryl methyl sites for hydroxylation is 1. The van der Waals surface area contributed by atoms with Crippen LogP contribution in [0.1, 0.15) is 58.4 Å². The summed E-state index contributed by atoms with van der Waals surface area (Å²) in [6.07, 6.45) is 8.05. The molecule has 1 aliphatic heterocycles. The summed E-state index contributed by atoms with van der Waals surface area (Å²) < 4.78 is 10.7. The van der Waals surface area contributed by atoms with Crippen molar-refractivity contribution in [2.24, 2.45) is 0 Å². The van der Waals surface area contributed by atoms with Crippen LogP contribution in [0.25, 0.3) is 0 Å². The standard InChI is InChI=1S/C19H28O3/c1-4-15(11-12-19(3,20)5-2)7-6-8-16-9-10-17-18(13-16)22-14-21-17/h7,9-10,13,20H,4-6,8,11-12,14H2,1-3H3. The molecule has 0 spiro atoms. The van der Waals surface area contributed by atoms with E-state index in [1.807, 2.05) is 19.9 Å². The van der Waals surface area contributed by atoms with Crippen LogP contribution in [-0.4, -0.2) is 17.5 Å². The highest BCUT2D eigenvalue weighted by atomic mass is 16.7. The van der Waals surface area contributed by atoms with E-state index in [0.29, 0.717) is 6.79 Å². The van der Waals surface area contributed by atoms with Gasteiger partial charge in [-0.3, -0.25) is 0 Å². The van der Waals surface area contributed by atoms with E-state index in [0.717, 1.165) is 50.0 Å². The van der Waals surface area contributed by atoms with Crippen molar-refractivity contribution in [1.82, 2.24) is 0 Å². The lowest BCUT2D eigenvalue weighted by Gasteiger charge is -2.21. The average Bonchev–Trinajstić information content (AvgIpc) is 2.98. The number of fused-ring (bicyclic) bond motifs is 1. The van der Waals surface area contributed by atoms with Crippen molar-refractivity contribution in [2.45, 2.75) is 64.9 Å². The topological polar surface area (TPSA) is 38.7 Å². The summed E-state index contributed by atoms with van der Waals surface area (Å²) in [4.78, 5) is 0. The van der Waals surface area contributed by atoms with E-state index >= 15 is 0 Å². The third-order valence-electron chi connectivity index (χ3n) is 4.50. The summed E-state index contributed by atoms with van der Waals surface area (Å²) in [7, 11) is 0. The van der Waals surface area contributed by atoms with E-state index in [2.05, 4.69) is 25.1 Å². The molecule has 2 rings (SSSR count). The zero-order chi connectivity index (χ0) is 16.0. The van der Waals surface area contributed by atoms with Gasteiger partial charge in [0.25, 0.3) is 0 Å². The maximum atomic E-state index is 10.1. The molecule has 0 fully saturated rings. The van der Waals surface area contributed by atoms with Crippen molar-refractivity contribution < 1.29 is 14.6 Å². The molecular formula is C19H28O3. The van der Waals surface area contributed by atoms with Gasteiger partial charge in [-0.05, 0) is 63.1 Å². The number of rotatable bonds is 8. The number of hydrogen-bond donors (Lipinski definition) is 1. The lowest BCUT2D eigenvalue weighted by atomic mass is 9.93. The van der Waals surface area contributed by atoms with Gasteiger partial charge in [0.05, 0.1) is 5.60 Å². The Morgan fingerprint density at radius 1 is 1.27 bits per heavy atom. The lowest BCUT2D eigenvalue weighted by molar-refractivity contribution is 0.0471. The Morgan fingerprint density at radius 2 is 2.05 bits per heavy atom. The van der Waals surface area contributed by atoms with Gasteiger partial charge in [0.15, 0.2) is 11.5 Å². The molecule has 22 heavy (non-hydrogen) atoms. The van der Waals surface area contributed by atoms with E-state index in [1.54, 1.807) is 0 Å². The van der Waals surface area contributed by atoms with Crippen LogP contribution >= 0.6 is 0 Å². The molecular weight excluding hydrogens is 276 g/mol. The second kappa shape index (κ2) is 7.68. The molecule has 0 bridgehead atoms. The summed E-state index contributed by atoms with van der Waals surface area (Å²) in [5.41, 5.74) is 2.18. The zero-order valence-electron chi connectivity index (χ0n) is 14.0. The van der Waals surface area contributed by atoms with E-state index in [9.17, 15) is 5.11 Å². The maximum absolute atomic E-state index is 10.1. The highest BCUT2D eigenvalue weighted by molar-refractivity contribution is 5.44. The van der Waals surface area contributed by atoms with Crippen LogP contribution in [0.3, 0.4) is 0 Å². The molecule has 1 aliphatic rings. The molecule has 0 radical (unpaired) electrons. The van der Waals surface area contributed by atoms with E-state index < -0.39 is 5.60 Å². The van der Waals surface area contributed by atoms with E-state index in [1.165, 1.54) is 11.1 Å². The Kier molecular flexibility index (Phi) is 5.90. The maximum Gasteiger partial charge on any atom is 0.231 e. The Hall–Kier alpha value is -1.48. The summed E-state index contributed by atoms with van der Waals surface area (Å²) in [5, 5.41) is 10.1. The monoisotopic (exact) mass is 304 g/mol. The van der Waals surface area contributed by atoms with Crippen molar-refractivity contribution >= 4 is 0 Å². The normalized spacial score (nSPS) is 16.6. The van der Waals surface area contributed by atoms with Crippen LogP contribution in [0.2, 0.25) is 0 Å². The minimum atomic E-state index is -0.536. The Morgan fingerprint density at radius 3 is 2.77 bits per heavy atom. The fourth-order valence-corrected chi connectivity index (χ4v) is 2.57. The molecule has 1 aromatic rings. The quantitative estimate of drug-likeness (QED) is 0.712. The van der Waals surface area contributed by atoms with Gasteiger partial charge in [-0.1, -0.05) is 31.6 Å². The van der Waals surface area contributed by atoms with Crippen LogP contribution in [0, 0.1) is 0 Å². The first-order chi connectivity index (χ1) is 10.5. The Balaban J connectivity index is 1.84. The number of hydrogen-bond acceptors (Lipinski definition) is 3. The lowest BCUT2D eigenvalue weighted by Crippen LogP contribution is -2.22. The smallest absolute Gasteiger partial charge is 0.231 e. The van der Waals surface area contributed by atoms with Crippen LogP contribution in [0.15, 0.2) is 29.8 Å². The number of allylic oxidation sites excluding steroid dienone is 2. The van der Waals surface area contributed by atoms with Crippen molar-refractivity contribution in [1.29, 1.82) is 0 Å². The van der Waals surface area contributed by atoms with Gasteiger partial charge >= 0.3 is 0 Å². The predicted molar refractivity (Wildman–Crippen MR) is 89.4 cm³/mol. The van der Waals surface area contributed by atoms with Gasteiger partial charge in [-0.15, -0.1) is 0 Å². The van der Waals surface area contributed by atoms with Crippen LogP contribution in [0.5, 0.6) is 11.5 Å². The molecule has 1 N–H and O–H groups in total. The van der Waals surface area contributed by atoms with E-state index in [-0.39, 0.29) is 0 Å². The highest BCUT2D eigenvalue weighted by Gasteiger charge is 2.17. The van der Waals surface area contributed by atoms with Gasteiger partial charge in [-0.2, -0.15) is 0 Å². The average molecular weight is 304 g/mol. The van der Waals surface area contributed by atoms with Crippen LogP contribution in [0.4, 0.5) is 0 Å². The molecule has 3 heteroatoms. The molecule has 0 saturated heterocycles. The van der Waals surface area contributed by atoms with Gasteiger partial charge in [0, 0.05) is 0 Å². The number of benzene rings is 1. The molecule has 1 heterocycles.